The molecule has 0 saturated carbocycles. The molecule has 1 aliphatic heterocycles. The van der Waals surface area contributed by atoms with Crippen LogP contribution in [0.4, 0.5) is 0 Å². The van der Waals surface area contributed by atoms with Crippen LogP contribution in [0, 0.1) is 0 Å². The van der Waals surface area contributed by atoms with Gasteiger partial charge in [-0.15, -0.1) is 4.80 Å². The summed E-state index contributed by atoms with van der Waals surface area (Å²) in [5, 5.41) is 13.2. The fourth-order valence-corrected chi connectivity index (χ4v) is 4.84. The van der Waals surface area contributed by atoms with Crippen molar-refractivity contribution in [3.8, 4) is 5.82 Å². The second kappa shape index (κ2) is 9.38. The van der Waals surface area contributed by atoms with Crippen molar-refractivity contribution in [3.05, 3.63) is 63.9 Å². The van der Waals surface area contributed by atoms with E-state index < -0.39 is 5.60 Å². The highest BCUT2D eigenvalue weighted by Crippen LogP contribution is 2.38. The van der Waals surface area contributed by atoms with Crippen molar-refractivity contribution in [1.29, 1.82) is 0 Å². The summed E-state index contributed by atoms with van der Waals surface area (Å²) in [4.78, 5) is 23.2. The molecule has 34 heavy (non-hydrogen) atoms. The van der Waals surface area contributed by atoms with Gasteiger partial charge >= 0.3 is 0 Å². The molecule has 0 spiro atoms. The summed E-state index contributed by atoms with van der Waals surface area (Å²) in [6.07, 6.45) is 8.25. The first kappa shape index (κ1) is 22.9. The van der Waals surface area contributed by atoms with Gasteiger partial charge in [0.15, 0.2) is 16.6 Å². The quantitative estimate of drug-likeness (QED) is 0.362. The minimum Gasteiger partial charge on any atom is -0.381 e. The van der Waals surface area contributed by atoms with Crippen molar-refractivity contribution >= 4 is 34.6 Å². The Bertz CT molecular complexity index is 1330. The maximum atomic E-state index is 13.1. The topological polar surface area (TPSA) is 109 Å². The fraction of sp³-hybridized carbons (Fsp3) is 0.364. The normalized spacial score (nSPS) is 18.1. The van der Waals surface area contributed by atoms with Gasteiger partial charge in [0.05, 0.1) is 29.7 Å². The number of halogens is 2. The van der Waals surface area contributed by atoms with Gasteiger partial charge in [-0.05, 0) is 24.5 Å². The smallest absolute Gasteiger partial charge is 0.193 e. The van der Waals surface area contributed by atoms with Gasteiger partial charge in [0.1, 0.15) is 11.4 Å². The Kier molecular flexibility index (Phi) is 6.30. The first-order chi connectivity index (χ1) is 16.5. The number of carbonyl (C=O) groups excluding carboxylic acids is 1. The van der Waals surface area contributed by atoms with Crippen LogP contribution in [0.1, 0.15) is 29.7 Å². The van der Waals surface area contributed by atoms with Crippen molar-refractivity contribution in [2.75, 3.05) is 20.3 Å². The zero-order valence-corrected chi connectivity index (χ0v) is 19.8. The van der Waals surface area contributed by atoms with Crippen molar-refractivity contribution in [1.82, 2.24) is 34.6 Å². The monoisotopic (exact) mass is 501 g/mol. The molecule has 0 aromatic carbocycles. The van der Waals surface area contributed by atoms with Gasteiger partial charge < -0.3 is 9.47 Å². The third-order valence-electron chi connectivity index (χ3n) is 5.72. The van der Waals surface area contributed by atoms with E-state index in [9.17, 15) is 4.79 Å². The molecule has 5 rings (SSSR count). The first-order valence-electron chi connectivity index (χ1n) is 10.7. The molecule has 10 nitrogen and oxygen atoms in total. The average Bonchev–Trinajstić information content (AvgIpc) is 3.55. The lowest BCUT2D eigenvalue weighted by Crippen LogP contribution is -2.35. The van der Waals surface area contributed by atoms with E-state index in [0.717, 1.165) is 18.5 Å². The number of nitrogens with zero attached hydrogens (tertiary/aromatic N) is 7. The summed E-state index contributed by atoms with van der Waals surface area (Å²) in [7, 11) is 1.63. The van der Waals surface area contributed by atoms with Crippen LogP contribution in [0.3, 0.4) is 0 Å². The summed E-state index contributed by atoms with van der Waals surface area (Å²) in [6, 6.07) is 3.38. The number of Topliss-reactive ketones (excluding diaryl/α,β-unsaturated/α-hetero) is 1. The molecule has 0 radical (unpaired) electrons. The SMILES string of the molecule is COCC1(c2c(CC(=O)Cc3cnc(-n4nccn4)c(Cl)c3)cnc3cc(Cl)nn23)CCCO1. The zero-order chi connectivity index (χ0) is 23.7. The number of hydrogen-bond donors (Lipinski definition) is 0. The van der Waals surface area contributed by atoms with E-state index in [1.807, 2.05) is 0 Å². The van der Waals surface area contributed by atoms with Crippen LogP contribution in [-0.4, -0.2) is 60.7 Å². The largest absolute Gasteiger partial charge is 0.381 e. The van der Waals surface area contributed by atoms with Gasteiger partial charge in [0.2, 0.25) is 0 Å². The Morgan fingerprint density at radius 2 is 2.00 bits per heavy atom. The van der Waals surface area contributed by atoms with E-state index in [0.29, 0.717) is 46.0 Å². The second-order valence-corrected chi connectivity index (χ2v) is 8.90. The summed E-state index contributed by atoms with van der Waals surface area (Å²) < 4.78 is 13.4. The molecule has 5 heterocycles. The minimum absolute atomic E-state index is 0.0333. The minimum atomic E-state index is -0.732. The van der Waals surface area contributed by atoms with Crippen molar-refractivity contribution in [3.63, 3.8) is 0 Å². The van der Waals surface area contributed by atoms with E-state index in [1.54, 1.807) is 36.2 Å². The van der Waals surface area contributed by atoms with Gasteiger partial charge in [-0.1, -0.05) is 23.2 Å². The summed E-state index contributed by atoms with van der Waals surface area (Å²) in [5.41, 5.74) is 2.00. The molecule has 1 fully saturated rings. The van der Waals surface area contributed by atoms with E-state index >= 15 is 0 Å². The maximum absolute atomic E-state index is 13.1. The van der Waals surface area contributed by atoms with E-state index in [1.165, 1.54) is 17.2 Å². The average molecular weight is 502 g/mol. The molecule has 1 unspecified atom stereocenters. The lowest BCUT2D eigenvalue weighted by molar-refractivity contribution is -0.117. The first-order valence-corrected chi connectivity index (χ1v) is 11.4. The Morgan fingerprint density at radius 3 is 2.71 bits per heavy atom. The van der Waals surface area contributed by atoms with E-state index in [4.69, 9.17) is 32.7 Å². The van der Waals surface area contributed by atoms with Crippen LogP contribution < -0.4 is 0 Å². The number of rotatable bonds is 8. The highest BCUT2D eigenvalue weighted by atomic mass is 35.5. The van der Waals surface area contributed by atoms with Gasteiger partial charge in [0.25, 0.3) is 0 Å². The molecular formula is C22H21Cl2N7O3. The molecule has 1 saturated heterocycles. The van der Waals surface area contributed by atoms with Crippen molar-refractivity contribution in [2.45, 2.75) is 31.3 Å². The molecule has 0 aliphatic carbocycles. The van der Waals surface area contributed by atoms with Crippen LogP contribution in [0.25, 0.3) is 11.5 Å². The second-order valence-electron chi connectivity index (χ2n) is 8.11. The molecule has 4 aromatic rings. The summed E-state index contributed by atoms with van der Waals surface area (Å²) in [6.45, 7) is 0.921. The van der Waals surface area contributed by atoms with Crippen LogP contribution in [0.2, 0.25) is 10.2 Å². The zero-order valence-electron chi connectivity index (χ0n) is 18.3. The van der Waals surface area contributed by atoms with Gasteiger partial charge in [0, 0.05) is 50.6 Å². The van der Waals surface area contributed by atoms with Crippen molar-refractivity contribution < 1.29 is 14.3 Å². The molecule has 4 aromatic heterocycles. The van der Waals surface area contributed by atoms with Crippen molar-refractivity contribution in [2.24, 2.45) is 0 Å². The Morgan fingerprint density at radius 1 is 1.18 bits per heavy atom. The maximum Gasteiger partial charge on any atom is 0.193 e. The predicted octanol–water partition coefficient (Wildman–Crippen LogP) is 3.02. The third-order valence-corrected chi connectivity index (χ3v) is 6.18. The number of aromatic nitrogens is 7. The molecule has 12 heteroatoms. The van der Waals surface area contributed by atoms with Crippen LogP contribution in [-0.2, 0) is 32.7 Å². The van der Waals surface area contributed by atoms with E-state index in [2.05, 4.69) is 25.3 Å². The highest BCUT2D eigenvalue weighted by molar-refractivity contribution is 6.32. The lowest BCUT2D eigenvalue weighted by atomic mass is 9.90. The number of ether oxygens (including phenoxy) is 2. The molecule has 0 N–H and O–H groups in total. The fourth-order valence-electron chi connectivity index (χ4n) is 4.40. The predicted molar refractivity (Wildman–Crippen MR) is 123 cm³/mol. The Balaban J connectivity index is 1.45. The Labute approximate surface area is 204 Å². The number of carbonyl (C=O) groups is 1. The molecule has 0 bridgehead atoms. The van der Waals surface area contributed by atoms with E-state index in [-0.39, 0.29) is 18.6 Å². The molecule has 1 atom stereocenters. The van der Waals surface area contributed by atoms with Gasteiger partial charge in [-0.25, -0.2) is 14.5 Å². The highest BCUT2D eigenvalue weighted by Gasteiger charge is 2.42. The Hall–Kier alpha value is -2.92. The molecule has 176 valence electrons. The number of pyridine rings is 1. The molecule has 0 amide bonds. The van der Waals surface area contributed by atoms with Crippen LogP contribution in [0.15, 0.2) is 36.9 Å². The molecular weight excluding hydrogens is 481 g/mol. The summed E-state index contributed by atoms with van der Waals surface area (Å²) in [5.74, 6) is 0.365. The number of hydrogen-bond acceptors (Lipinski definition) is 8. The van der Waals surface area contributed by atoms with Gasteiger partial charge in [-0.2, -0.15) is 15.3 Å². The molecule has 1 aliphatic rings. The van der Waals surface area contributed by atoms with Crippen LogP contribution >= 0.6 is 23.2 Å². The third kappa shape index (κ3) is 4.29. The lowest BCUT2D eigenvalue weighted by Gasteiger charge is -2.30. The number of ketones is 1. The number of fused-ring (bicyclic) bond motifs is 1. The standard InChI is InChI=1S/C22H21Cl2N7O3/c1-33-13-22(3-2-6-34-22)20-15(12-25-19-10-18(24)29-30(19)20)9-16(32)7-14-8-17(23)21(26-11-14)31-27-4-5-28-31/h4-5,8,10-12H,2-3,6-7,9,13H2,1H3. The van der Waals surface area contributed by atoms with Crippen LogP contribution in [0.5, 0.6) is 0 Å². The summed E-state index contributed by atoms with van der Waals surface area (Å²) >= 11 is 12.5. The van der Waals surface area contributed by atoms with Gasteiger partial charge in [-0.3, -0.25) is 4.79 Å². The number of methoxy groups -OCH3 is 1.